The SMILES string of the molecule is COc1ccc(-c2nnn(CC(=O)N(Cc3ccc4c(c3)OCO4)[C@@H](C)C(=O)NC[C@H]3CCCO3)n2)cc1OC. The van der Waals surface area contributed by atoms with Gasteiger partial charge < -0.3 is 33.9 Å². The van der Waals surface area contributed by atoms with Crippen molar-refractivity contribution in [2.24, 2.45) is 0 Å². The van der Waals surface area contributed by atoms with Crippen LogP contribution in [-0.2, 0) is 27.4 Å². The minimum atomic E-state index is -0.770. The summed E-state index contributed by atoms with van der Waals surface area (Å²) in [5, 5.41) is 15.5. The van der Waals surface area contributed by atoms with Crippen LogP contribution in [0.4, 0.5) is 0 Å². The zero-order valence-electron chi connectivity index (χ0n) is 22.7. The Labute approximate surface area is 231 Å². The topological polar surface area (TPSA) is 139 Å². The first-order valence-electron chi connectivity index (χ1n) is 13.0. The molecule has 0 spiro atoms. The summed E-state index contributed by atoms with van der Waals surface area (Å²) in [5.41, 5.74) is 1.43. The number of nitrogens with zero attached hydrogens (tertiary/aromatic N) is 5. The number of methoxy groups -OCH3 is 2. The summed E-state index contributed by atoms with van der Waals surface area (Å²) in [6.07, 6.45) is 1.86. The van der Waals surface area contributed by atoms with Crippen LogP contribution in [0.3, 0.4) is 0 Å². The fraction of sp³-hybridized carbons (Fsp3) is 0.444. The van der Waals surface area contributed by atoms with E-state index in [9.17, 15) is 9.59 Å². The van der Waals surface area contributed by atoms with Gasteiger partial charge in [-0.1, -0.05) is 6.07 Å². The highest BCUT2D eigenvalue weighted by Crippen LogP contribution is 2.33. The molecule has 0 radical (unpaired) electrons. The highest BCUT2D eigenvalue weighted by Gasteiger charge is 2.28. The van der Waals surface area contributed by atoms with E-state index in [0.29, 0.717) is 47.5 Å². The molecule has 1 saturated heterocycles. The molecule has 0 saturated carbocycles. The summed E-state index contributed by atoms with van der Waals surface area (Å²) in [6.45, 7) is 2.88. The molecule has 2 atom stereocenters. The van der Waals surface area contributed by atoms with Gasteiger partial charge in [-0.05, 0) is 60.9 Å². The number of aromatic nitrogens is 4. The van der Waals surface area contributed by atoms with E-state index in [1.165, 1.54) is 16.8 Å². The average molecular weight is 553 g/mol. The van der Waals surface area contributed by atoms with Crippen LogP contribution < -0.4 is 24.3 Å². The van der Waals surface area contributed by atoms with E-state index in [-0.39, 0.29) is 37.8 Å². The van der Waals surface area contributed by atoms with Crippen molar-refractivity contribution >= 4 is 11.8 Å². The largest absolute Gasteiger partial charge is 0.493 e. The van der Waals surface area contributed by atoms with E-state index >= 15 is 0 Å². The van der Waals surface area contributed by atoms with Gasteiger partial charge >= 0.3 is 0 Å². The number of carbonyl (C=O) groups is 2. The third-order valence-electron chi connectivity index (χ3n) is 6.86. The van der Waals surface area contributed by atoms with Crippen molar-refractivity contribution in [3.05, 3.63) is 42.0 Å². The van der Waals surface area contributed by atoms with Gasteiger partial charge in [-0.25, -0.2) is 0 Å². The van der Waals surface area contributed by atoms with Crippen molar-refractivity contribution in [2.75, 3.05) is 34.2 Å². The normalized spacial score (nSPS) is 16.4. The summed E-state index contributed by atoms with van der Waals surface area (Å²) < 4.78 is 27.1. The molecule has 2 amide bonds. The lowest BCUT2D eigenvalue weighted by Crippen LogP contribution is -2.49. The van der Waals surface area contributed by atoms with E-state index in [1.54, 1.807) is 38.3 Å². The molecule has 212 valence electrons. The number of hydrogen-bond donors (Lipinski definition) is 1. The van der Waals surface area contributed by atoms with E-state index in [2.05, 4.69) is 20.7 Å². The minimum Gasteiger partial charge on any atom is -0.493 e. The molecule has 1 N–H and O–H groups in total. The minimum absolute atomic E-state index is 0.0106. The van der Waals surface area contributed by atoms with Crippen LogP contribution in [0.15, 0.2) is 36.4 Å². The Kier molecular flexibility index (Phi) is 8.29. The van der Waals surface area contributed by atoms with Crippen LogP contribution in [0.5, 0.6) is 23.0 Å². The Morgan fingerprint density at radius 3 is 2.73 bits per heavy atom. The first kappa shape index (κ1) is 27.2. The second kappa shape index (κ2) is 12.2. The molecule has 13 heteroatoms. The Hall–Kier alpha value is -4.39. The Morgan fingerprint density at radius 2 is 1.95 bits per heavy atom. The smallest absolute Gasteiger partial charge is 0.247 e. The second-order valence-corrected chi connectivity index (χ2v) is 9.48. The van der Waals surface area contributed by atoms with Crippen LogP contribution >= 0.6 is 0 Å². The maximum Gasteiger partial charge on any atom is 0.247 e. The van der Waals surface area contributed by atoms with Crippen LogP contribution in [-0.4, -0.2) is 83.2 Å². The van der Waals surface area contributed by atoms with Gasteiger partial charge in [-0.15, -0.1) is 10.2 Å². The maximum atomic E-state index is 13.6. The van der Waals surface area contributed by atoms with E-state index in [1.807, 2.05) is 12.1 Å². The fourth-order valence-electron chi connectivity index (χ4n) is 4.60. The monoisotopic (exact) mass is 552 g/mol. The molecule has 13 nitrogen and oxygen atoms in total. The van der Waals surface area contributed by atoms with Crippen molar-refractivity contribution in [3.63, 3.8) is 0 Å². The number of hydrogen-bond acceptors (Lipinski definition) is 10. The van der Waals surface area contributed by atoms with E-state index < -0.39 is 6.04 Å². The molecule has 0 unspecified atom stereocenters. The number of carbonyl (C=O) groups excluding carboxylic acids is 2. The van der Waals surface area contributed by atoms with Crippen molar-refractivity contribution in [1.29, 1.82) is 0 Å². The number of tetrazole rings is 1. The quantitative estimate of drug-likeness (QED) is 0.375. The molecule has 0 aliphatic carbocycles. The molecule has 40 heavy (non-hydrogen) atoms. The number of nitrogens with one attached hydrogen (secondary N) is 1. The second-order valence-electron chi connectivity index (χ2n) is 9.48. The summed E-state index contributed by atoms with van der Waals surface area (Å²) in [5.74, 6) is 2.01. The molecule has 3 aromatic rings. The lowest BCUT2D eigenvalue weighted by atomic mass is 10.1. The lowest BCUT2D eigenvalue weighted by Gasteiger charge is -2.29. The Bertz CT molecular complexity index is 1360. The predicted molar refractivity (Wildman–Crippen MR) is 141 cm³/mol. The molecule has 1 fully saturated rings. The van der Waals surface area contributed by atoms with Gasteiger partial charge in [0.2, 0.25) is 24.4 Å². The standard InChI is InChI=1S/C27H32N6O7/c1-17(27(35)28-13-20-5-4-10-38-20)32(14-18-6-8-22-24(11-18)40-16-39-22)25(34)15-33-30-26(29-31-33)19-7-9-21(36-2)23(12-19)37-3/h6-9,11-12,17,20H,4-5,10,13-16H2,1-3H3,(H,28,35)/t17-,20+/m0/s1. The van der Waals surface area contributed by atoms with Gasteiger partial charge in [0.05, 0.1) is 20.3 Å². The van der Waals surface area contributed by atoms with Gasteiger partial charge in [0.1, 0.15) is 12.6 Å². The van der Waals surface area contributed by atoms with Crippen LogP contribution in [0, 0.1) is 0 Å². The molecule has 2 aliphatic heterocycles. The molecule has 2 aliphatic rings. The summed E-state index contributed by atoms with van der Waals surface area (Å²) in [7, 11) is 3.09. The highest BCUT2D eigenvalue weighted by molar-refractivity contribution is 5.87. The fourth-order valence-corrected chi connectivity index (χ4v) is 4.60. The molecular weight excluding hydrogens is 520 g/mol. The van der Waals surface area contributed by atoms with Crippen molar-refractivity contribution in [3.8, 4) is 34.4 Å². The zero-order chi connectivity index (χ0) is 28.1. The predicted octanol–water partition coefficient (Wildman–Crippen LogP) is 1.80. The van der Waals surface area contributed by atoms with Gasteiger partial charge in [0.15, 0.2) is 23.0 Å². The summed E-state index contributed by atoms with van der Waals surface area (Å²) in [6, 6.07) is 9.91. The summed E-state index contributed by atoms with van der Waals surface area (Å²) >= 11 is 0. The molecular formula is C27H32N6O7. The van der Waals surface area contributed by atoms with E-state index in [4.69, 9.17) is 23.7 Å². The number of benzene rings is 2. The first-order chi connectivity index (χ1) is 19.4. The van der Waals surface area contributed by atoms with Crippen molar-refractivity contribution in [2.45, 2.75) is 45.0 Å². The van der Waals surface area contributed by atoms with Crippen molar-refractivity contribution < 1.29 is 33.3 Å². The number of ether oxygens (including phenoxy) is 5. The van der Waals surface area contributed by atoms with Gasteiger partial charge in [-0.3, -0.25) is 9.59 Å². The molecule has 5 rings (SSSR count). The lowest BCUT2D eigenvalue weighted by molar-refractivity contribution is -0.141. The third-order valence-corrected chi connectivity index (χ3v) is 6.86. The molecule has 2 aromatic carbocycles. The van der Waals surface area contributed by atoms with E-state index in [0.717, 1.165) is 18.4 Å². The number of amides is 2. The average Bonchev–Trinajstić information content (AvgIpc) is 3.76. The third kappa shape index (κ3) is 6.09. The van der Waals surface area contributed by atoms with Gasteiger partial charge in [-0.2, -0.15) is 4.80 Å². The Balaban J connectivity index is 1.32. The molecule has 0 bridgehead atoms. The number of fused-ring (bicyclic) bond motifs is 1. The first-order valence-corrected chi connectivity index (χ1v) is 13.0. The Morgan fingerprint density at radius 1 is 1.12 bits per heavy atom. The van der Waals surface area contributed by atoms with Crippen LogP contribution in [0.2, 0.25) is 0 Å². The van der Waals surface area contributed by atoms with Crippen LogP contribution in [0.25, 0.3) is 11.4 Å². The zero-order valence-corrected chi connectivity index (χ0v) is 22.7. The summed E-state index contributed by atoms with van der Waals surface area (Å²) in [4.78, 5) is 29.4. The highest BCUT2D eigenvalue weighted by atomic mass is 16.7. The van der Waals surface area contributed by atoms with Gasteiger partial charge in [0, 0.05) is 25.3 Å². The molecule has 1 aromatic heterocycles. The van der Waals surface area contributed by atoms with Gasteiger partial charge in [0.25, 0.3) is 0 Å². The van der Waals surface area contributed by atoms with Crippen LogP contribution in [0.1, 0.15) is 25.3 Å². The number of rotatable bonds is 11. The molecule has 3 heterocycles. The maximum absolute atomic E-state index is 13.6. The van der Waals surface area contributed by atoms with Crippen molar-refractivity contribution in [1.82, 2.24) is 30.4 Å².